The molecule has 0 unspecified atom stereocenters. The summed E-state index contributed by atoms with van der Waals surface area (Å²) in [6.07, 6.45) is 0.779. The highest BCUT2D eigenvalue weighted by Gasteiger charge is 2.25. The van der Waals surface area contributed by atoms with Crippen molar-refractivity contribution in [1.29, 1.82) is 0 Å². The Morgan fingerprint density at radius 2 is 1.84 bits per heavy atom. The Morgan fingerprint density at radius 1 is 1.16 bits per heavy atom. The van der Waals surface area contributed by atoms with E-state index >= 15 is 0 Å². The van der Waals surface area contributed by atoms with Crippen LogP contribution in [0.5, 0.6) is 11.5 Å². The van der Waals surface area contributed by atoms with Gasteiger partial charge in [0.2, 0.25) is 5.91 Å². The van der Waals surface area contributed by atoms with Gasteiger partial charge in [0.25, 0.3) is 0 Å². The number of rotatable bonds is 9. The topological polar surface area (TPSA) is 85.3 Å². The highest BCUT2D eigenvalue weighted by Crippen LogP contribution is 2.35. The molecule has 0 spiro atoms. The number of methoxy groups -OCH3 is 1. The van der Waals surface area contributed by atoms with Crippen molar-refractivity contribution in [2.75, 3.05) is 26.9 Å². The summed E-state index contributed by atoms with van der Waals surface area (Å²) in [5, 5.41) is 8.86. The quantitative estimate of drug-likeness (QED) is 0.538. The van der Waals surface area contributed by atoms with Crippen molar-refractivity contribution in [2.45, 2.75) is 39.3 Å². The lowest BCUT2D eigenvalue weighted by Crippen LogP contribution is -2.25. The maximum Gasteiger partial charge on any atom is 0.306 e. The molecule has 0 aromatic heterocycles. The zero-order valence-electron chi connectivity index (χ0n) is 14.7. The largest absolute Gasteiger partial charge is 0.493 e. The summed E-state index contributed by atoms with van der Waals surface area (Å²) < 4.78 is 15.8. The molecule has 1 heterocycles. The van der Waals surface area contributed by atoms with Gasteiger partial charge in [0.05, 0.1) is 26.7 Å². The van der Waals surface area contributed by atoms with Crippen LogP contribution < -0.4 is 9.47 Å². The van der Waals surface area contributed by atoms with E-state index in [4.69, 9.17) is 19.3 Å². The second-order valence-electron chi connectivity index (χ2n) is 5.75. The highest BCUT2D eigenvalue weighted by molar-refractivity contribution is 5.82. The molecule has 0 bridgehead atoms. The lowest BCUT2D eigenvalue weighted by Gasteiger charge is -2.14. The molecular formula is C18H25NO6. The Balaban J connectivity index is 1.98. The summed E-state index contributed by atoms with van der Waals surface area (Å²) in [6, 6.07) is 3.76. The summed E-state index contributed by atoms with van der Waals surface area (Å²) in [5.74, 6) is 0.785. The Bertz CT molecular complexity index is 616. The van der Waals surface area contributed by atoms with Crippen LogP contribution in [-0.2, 0) is 27.4 Å². The van der Waals surface area contributed by atoms with Gasteiger partial charge in [-0.3, -0.25) is 9.59 Å². The van der Waals surface area contributed by atoms with Crippen molar-refractivity contribution in [2.24, 2.45) is 0 Å². The number of ether oxygens (including phenoxy) is 3. The molecule has 0 aliphatic carbocycles. The minimum atomic E-state index is -0.353. The summed E-state index contributed by atoms with van der Waals surface area (Å²) in [7, 11) is 1.57. The molecule has 1 aromatic rings. The van der Waals surface area contributed by atoms with E-state index < -0.39 is 0 Å². The van der Waals surface area contributed by atoms with Gasteiger partial charge in [-0.25, -0.2) is 0 Å². The van der Waals surface area contributed by atoms with Gasteiger partial charge >= 0.3 is 5.97 Å². The zero-order chi connectivity index (χ0) is 18.2. The van der Waals surface area contributed by atoms with Gasteiger partial charge < -0.3 is 24.2 Å². The Kier molecular flexibility index (Phi) is 7.06. The maximum atomic E-state index is 12.3. The summed E-state index contributed by atoms with van der Waals surface area (Å²) in [5.41, 5.74) is 2.01. The summed E-state index contributed by atoms with van der Waals surface area (Å²) in [6.45, 7) is 3.50. The van der Waals surface area contributed by atoms with Crippen LogP contribution in [0, 0.1) is 0 Å². The molecule has 1 amide bonds. The van der Waals surface area contributed by atoms with E-state index in [2.05, 4.69) is 0 Å². The first-order valence-corrected chi connectivity index (χ1v) is 8.45. The highest BCUT2D eigenvalue weighted by atomic mass is 16.5. The van der Waals surface area contributed by atoms with Crippen LogP contribution in [0.4, 0.5) is 0 Å². The van der Waals surface area contributed by atoms with E-state index in [1.54, 1.807) is 18.9 Å². The summed E-state index contributed by atoms with van der Waals surface area (Å²) in [4.78, 5) is 25.4. The number of carbonyl (C=O) groups is 2. The fourth-order valence-corrected chi connectivity index (χ4v) is 2.70. The molecular weight excluding hydrogens is 326 g/mol. The molecule has 0 saturated heterocycles. The number of amides is 1. The standard InChI is InChI=1S/C18H25NO6/c1-3-24-18(22)6-5-17(21)19-11-13-9-15(23-2)16(10-14(13)12-19)25-8-4-7-20/h9-10,20H,3-8,11-12H2,1-2H3. The number of esters is 1. The molecule has 0 fully saturated rings. The Morgan fingerprint density at radius 3 is 2.44 bits per heavy atom. The average Bonchev–Trinajstić information content (AvgIpc) is 3.02. The van der Waals surface area contributed by atoms with E-state index in [1.165, 1.54) is 0 Å². The summed E-state index contributed by atoms with van der Waals surface area (Å²) >= 11 is 0. The zero-order valence-corrected chi connectivity index (χ0v) is 14.7. The molecule has 1 N–H and O–H groups in total. The van der Waals surface area contributed by atoms with Crippen LogP contribution in [0.2, 0.25) is 0 Å². The van der Waals surface area contributed by atoms with E-state index in [9.17, 15) is 9.59 Å². The minimum absolute atomic E-state index is 0.0655. The van der Waals surface area contributed by atoms with Gasteiger partial charge in [0, 0.05) is 32.5 Å². The van der Waals surface area contributed by atoms with E-state index in [1.807, 2.05) is 12.1 Å². The molecule has 1 aliphatic rings. The monoisotopic (exact) mass is 351 g/mol. The van der Waals surface area contributed by atoms with Crippen molar-refractivity contribution < 1.29 is 28.9 Å². The smallest absolute Gasteiger partial charge is 0.306 e. The van der Waals surface area contributed by atoms with Crippen LogP contribution in [0.1, 0.15) is 37.3 Å². The lowest BCUT2D eigenvalue weighted by atomic mass is 10.1. The number of carbonyl (C=O) groups excluding carboxylic acids is 2. The average molecular weight is 351 g/mol. The van der Waals surface area contributed by atoms with Crippen molar-refractivity contribution in [3.63, 3.8) is 0 Å². The molecule has 0 radical (unpaired) electrons. The van der Waals surface area contributed by atoms with Gasteiger partial charge in [-0.15, -0.1) is 0 Å². The predicted molar refractivity (Wildman–Crippen MR) is 90.3 cm³/mol. The molecule has 1 aliphatic heterocycles. The van der Waals surface area contributed by atoms with Gasteiger partial charge in [0.15, 0.2) is 11.5 Å². The third-order valence-corrected chi connectivity index (χ3v) is 3.97. The van der Waals surface area contributed by atoms with Crippen LogP contribution in [-0.4, -0.2) is 48.8 Å². The van der Waals surface area contributed by atoms with Gasteiger partial charge in [-0.05, 0) is 30.2 Å². The van der Waals surface area contributed by atoms with Crippen molar-refractivity contribution >= 4 is 11.9 Å². The van der Waals surface area contributed by atoms with Crippen molar-refractivity contribution in [3.8, 4) is 11.5 Å². The molecule has 0 atom stereocenters. The molecule has 7 heteroatoms. The number of nitrogens with zero attached hydrogens (tertiary/aromatic N) is 1. The number of aliphatic hydroxyl groups is 1. The molecule has 1 aromatic carbocycles. The normalized spacial score (nSPS) is 12.7. The molecule has 2 rings (SSSR count). The molecule has 138 valence electrons. The third kappa shape index (κ3) is 5.09. The molecule has 7 nitrogen and oxygen atoms in total. The maximum absolute atomic E-state index is 12.3. The second kappa shape index (κ2) is 9.27. The van der Waals surface area contributed by atoms with E-state index in [0.29, 0.717) is 44.2 Å². The number of benzene rings is 1. The van der Waals surface area contributed by atoms with Gasteiger partial charge in [-0.2, -0.15) is 0 Å². The number of hydrogen-bond acceptors (Lipinski definition) is 6. The number of aliphatic hydroxyl groups excluding tert-OH is 1. The van der Waals surface area contributed by atoms with Crippen LogP contribution >= 0.6 is 0 Å². The fourth-order valence-electron chi connectivity index (χ4n) is 2.70. The fraction of sp³-hybridized carbons (Fsp3) is 0.556. The Labute approximate surface area is 147 Å². The van der Waals surface area contributed by atoms with Crippen LogP contribution in [0.25, 0.3) is 0 Å². The first-order valence-electron chi connectivity index (χ1n) is 8.45. The third-order valence-electron chi connectivity index (χ3n) is 3.97. The van der Waals surface area contributed by atoms with Crippen molar-refractivity contribution in [3.05, 3.63) is 23.3 Å². The minimum Gasteiger partial charge on any atom is -0.493 e. The second-order valence-corrected chi connectivity index (χ2v) is 5.75. The van der Waals surface area contributed by atoms with E-state index in [-0.39, 0.29) is 31.3 Å². The van der Waals surface area contributed by atoms with Crippen molar-refractivity contribution in [1.82, 2.24) is 4.90 Å². The SMILES string of the molecule is CCOC(=O)CCC(=O)N1Cc2cc(OC)c(OCCCO)cc2C1. The van der Waals surface area contributed by atoms with E-state index in [0.717, 1.165) is 11.1 Å². The predicted octanol–water partition coefficient (Wildman–Crippen LogP) is 1.64. The first kappa shape index (κ1) is 19.1. The number of hydrogen-bond donors (Lipinski definition) is 1. The van der Waals surface area contributed by atoms with Crippen LogP contribution in [0.3, 0.4) is 0 Å². The number of fused-ring (bicyclic) bond motifs is 1. The molecule has 0 saturated carbocycles. The van der Waals surface area contributed by atoms with Gasteiger partial charge in [0.1, 0.15) is 0 Å². The van der Waals surface area contributed by atoms with Crippen LogP contribution in [0.15, 0.2) is 12.1 Å². The Hall–Kier alpha value is -2.28. The first-order chi connectivity index (χ1) is 12.1. The van der Waals surface area contributed by atoms with Gasteiger partial charge in [-0.1, -0.05) is 0 Å². The lowest BCUT2D eigenvalue weighted by molar-refractivity contribution is -0.145. The molecule has 25 heavy (non-hydrogen) atoms.